The van der Waals surface area contributed by atoms with Gasteiger partial charge in [0.2, 0.25) is 5.91 Å². The lowest BCUT2D eigenvalue weighted by atomic mass is 10.0. The maximum absolute atomic E-state index is 13.1. The highest BCUT2D eigenvalue weighted by Gasteiger charge is 2.23. The van der Waals surface area contributed by atoms with Crippen LogP contribution in [0.2, 0.25) is 0 Å². The van der Waals surface area contributed by atoms with E-state index in [-0.39, 0.29) is 10.8 Å². The van der Waals surface area contributed by atoms with E-state index in [1.54, 1.807) is 29.2 Å². The zero-order chi connectivity index (χ0) is 21.1. The summed E-state index contributed by atoms with van der Waals surface area (Å²) in [5.41, 5.74) is 4.29. The second-order valence-electron chi connectivity index (χ2n) is 7.49. The van der Waals surface area contributed by atoms with Gasteiger partial charge in [0.1, 0.15) is 0 Å². The van der Waals surface area contributed by atoms with Gasteiger partial charge in [-0.25, -0.2) is 8.42 Å². The van der Waals surface area contributed by atoms with Crippen molar-refractivity contribution in [2.24, 2.45) is 0 Å². The molecule has 5 nitrogen and oxygen atoms in total. The van der Waals surface area contributed by atoms with E-state index in [0.29, 0.717) is 18.7 Å². The van der Waals surface area contributed by atoms with Crippen LogP contribution in [0, 0.1) is 0 Å². The van der Waals surface area contributed by atoms with Gasteiger partial charge < -0.3 is 4.90 Å². The first kappa shape index (κ1) is 20.2. The normalized spacial score (nSPS) is 13.6. The second kappa shape index (κ2) is 8.32. The Morgan fingerprint density at radius 3 is 2.50 bits per heavy atom. The molecule has 154 valence electrons. The molecule has 1 aliphatic rings. The van der Waals surface area contributed by atoms with Crippen LogP contribution in [0.4, 0.5) is 11.4 Å². The minimum Gasteiger partial charge on any atom is -0.312 e. The minimum absolute atomic E-state index is 0.0282. The number of nitrogens with zero attached hydrogens (tertiary/aromatic N) is 1. The molecule has 0 spiro atoms. The van der Waals surface area contributed by atoms with Crippen molar-refractivity contribution in [3.63, 3.8) is 0 Å². The van der Waals surface area contributed by atoms with Crippen LogP contribution in [-0.2, 0) is 27.7 Å². The van der Waals surface area contributed by atoms with Crippen molar-refractivity contribution < 1.29 is 13.2 Å². The molecule has 0 aromatic heterocycles. The zero-order valence-corrected chi connectivity index (χ0v) is 17.7. The Morgan fingerprint density at radius 2 is 1.73 bits per heavy atom. The molecule has 3 aromatic rings. The van der Waals surface area contributed by atoms with Crippen molar-refractivity contribution in [3.8, 4) is 0 Å². The molecule has 0 aliphatic carbocycles. The number of amides is 1. The van der Waals surface area contributed by atoms with Gasteiger partial charge in [-0.05, 0) is 60.2 Å². The highest BCUT2D eigenvalue weighted by molar-refractivity contribution is 7.92. The van der Waals surface area contributed by atoms with E-state index in [2.05, 4.69) is 4.72 Å². The number of hydrogen-bond acceptors (Lipinski definition) is 3. The molecule has 1 aliphatic heterocycles. The summed E-state index contributed by atoms with van der Waals surface area (Å²) in [6.07, 6.45) is 2.22. The first-order valence-corrected chi connectivity index (χ1v) is 11.5. The van der Waals surface area contributed by atoms with E-state index in [1.165, 1.54) is 6.92 Å². The van der Waals surface area contributed by atoms with Gasteiger partial charge in [-0.3, -0.25) is 9.52 Å². The molecular formula is C24H24N2O3S. The average molecular weight is 421 g/mol. The summed E-state index contributed by atoms with van der Waals surface area (Å²) < 4.78 is 29.0. The lowest BCUT2D eigenvalue weighted by Gasteiger charge is -2.28. The molecule has 4 rings (SSSR count). The van der Waals surface area contributed by atoms with Crippen LogP contribution >= 0.6 is 0 Å². The first-order chi connectivity index (χ1) is 14.4. The quantitative estimate of drug-likeness (QED) is 0.666. The van der Waals surface area contributed by atoms with E-state index in [1.807, 2.05) is 48.5 Å². The van der Waals surface area contributed by atoms with Gasteiger partial charge in [0, 0.05) is 19.2 Å². The Kier molecular flexibility index (Phi) is 5.59. The Bertz CT molecular complexity index is 1170. The molecule has 0 unspecified atom stereocenters. The first-order valence-electron chi connectivity index (χ1n) is 10.00. The lowest BCUT2D eigenvalue weighted by Crippen LogP contribution is -2.33. The van der Waals surface area contributed by atoms with Crippen molar-refractivity contribution in [3.05, 3.63) is 89.5 Å². The molecule has 3 aromatic carbocycles. The van der Waals surface area contributed by atoms with Crippen LogP contribution in [0.1, 0.15) is 30.0 Å². The van der Waals surface area contributed by atoms with Crippen LogP contribution in [0.5, 0.6) is 0 Å². The van der Waals surface area contributed by atoms with E-state index < -0.39 is 10.0 Å². The second-order valence-corrected chi connectivity index (χ2v) is 9.17. The molecule has 1 heterocycles. The van der Waals surface area contributed by atoms with Gasteiger partial charge in [-0.1, -0.05) is 48.5 Å². The molecule has 1 N–H and O–H groups in total. The minimum atomic E-state index is -3.75. The summed E-state index contributed by atoms with van der Waals surface area (Å²) in [5, 5.41) is 0. The summed E-state index contributed by atoms with van der Waals surface area (Å²) in [6, 6.07) is 22.4. The molecule has 1 amide bonds. The van der Waals surface area contributed by atoms with Crippen LogP contribution < -0.4 is 9.62 Å². The van der Waals surface area contributed by atoms with Gasteiger partial charge in [0.15, 0.2) is 0 Å². The molecule has 30 heavy (non-hydrogen) atoms. The zero-order valence-electron chi connectivity index (χ0n) is 16.8. The fraction of sp³-hybridized carbons (Fsp3) is 0.208. The number of fused-ring (bicyclic) bond motifs is 1. The van der Waals surface area contributed by atoms with Crippen molar-refractivity contribution in [1.29, 1.82) is 0 Å². The SMILES string of the molecule is CC(=O)N1CCCc2cc(S(=O)(=O)Nc3ccccc3Cc3ccccc3)ccc21. The van der Waals surface area contributed by atoms with Crippen molar-refractivity contribution >= 4 is 27.3 Å². The maximum atomic E-state index is 13.1. The van der Waals surface area contributed by atoms with Crippen molar-refractivity contribution in [1.82, 2.24) is 0 Å². The number of carbonyl (C=O) groups excluding carboxylic acids is 1. The number of rotatable bonds is 5. The van der Waals surface area contributed by atoms with Gasteiger partial charge in [0.25, 0.3) is 10.0 Å². The molecule has 6 heteroatoms. The van der Waals surface area contributed by atoms with Gasteiger partial charge in [-0.2, -0.15) is 0 Å². The number of aryl methyl sites for hydroxylation is 1. The van der Waals surface area contributed by atoms with E-state index in [9.17, 15) is 13.2 Å². The predicted molar refractivity (Wildman–Crippen MR) is 119 cm³/mol. The topological polar surface area (TPSA) is 66.5 Å². The third kappa shape index (κ3) is 4.24. The largest absolute Gasteiger partial charge is 0.312 e. The third-order valence-electron chi connectivity index (χ3n) is 5.36. The smallest absolute Gasteiger partial charge is 0.261 e. The van der Waals surface area contributed by atoms with Crippen molar-refractivity contribution in [2.75, 3.05) is 16.2 Å². The van der Waals surface area contributed by atoms with Crippen LogP contribution in [0.25, 0.3) is 0 Å². The fourth-order valence-electron chi connectivity index (χ4n) is 3.86. The number of benzene rings is 3. The standard InChI is InChI=1S/C24H24N2O3S/c1-18(27)26-15-7-11-21-17-22(13-14-24(21)26)30(28,29)25-23-12-6-5-10-20(23)16-19-8-3-2-4-9-19/h2-6,8-10,12-14,17,25H,7,11,15-16H2,1H3. The lowest BCUT2D eigenvalue weighted by molar-refractivity contribution is -0.116. The van der Waals surface area contributed by atoms with Crippen LogP contribution in [0.15, 0.2) is 77.7 Å². The van der Waals surface area contributed by atoms with Gasteiger partial charge in [-0.15, -0.1) is 0 Å². The van der Waals surface area contributed by atoms with Crippen molar-refractivity contribution in [2.45, 2.75) is 31.1 Å². The van der Waals surface area contributed by atoms with E-state index in [0.717, 1.165) is 35.2 Å². The monoisotopic (exact) mass is 420 g/mol. The molecule has 0 atom stereocenters. The van der Waals surface area contributed by atoms with E-state index in [4.69, 9.17) is 0 Å². The van der Waals surface area contributed by atoms with Crippen LogP contribution in [0.3, 0.4) is 0 Å². The molecule has 0 radical (unpaired) electrons. The number of anilines is 2. The predicted octanol–water partition coefficient (Wildman–Crippen LogP) is 4.38. The van der Waals surface area contributed by atoms with Gasteiger partial charge >= 0.3 is 0 Å². The van der Waals surface area contributed by atoms with E-state index >= 15 is 0 Å². The summed E-state index contributed by atoms with van der Waals surface area (Å²) >= 11 is 0. The number of sulfonamides is 1. The Balaban J connectivity index is 1.62. The molecule has 0 saturated carbocycles. The highest BCUT2D eigenvalue weighted by Crippen LogP contribution is 2.30. The number of carbonyl (C=O) groups is 1. The summed E-state index contributed by atoms with van der Waals surface area (Å²) in [7, 11) is -3.75. The molecule has 0 saturated heterocycles. The molecule has 0 fully saturated rings. The fourth-order valence-corrected chi connectivity index (χ4v) is 5.01. The Hall–Kier alpha value is -3.12. The maximum Gasteiger partial charge on any atom is 0.261 e. The summed E-state index contributed by atoms with van der Waals surface area (Å²) in [4.78, 5) is 13.8. The molecular weight excluding hydrogens is 396 g/mol. The number of nitrogens with one attached hydrogen (secondary N) is 1. The average Bonchev–Trinajstić information content (AvgIpc) is 2.75. The summed E-state index contributed by atoms with van der Waals surface area (Å²) in [5.74, 6) is -0.0282. The third-order valence-corrected chi connectivity index (χ3v) is 6.72. The number of hydrogen-bond donors (Lipinski definition) is 1. The summed E-state index contributed by atoms with van der Waals surface area (Å²) in [6.45, 7) is 2.20. The van der Waals surface area contributed by atoms with Crippen LogP contribution in [-0.4, -0.2) is 20.9 Å². The highest BCUT2D eigenvalue weighted by atomic mass is 32.2. The number of para-hydroxylation sites is 1. The Morgan fingerprint density at radius 1 is 1.00 bits per heavy atom. The Labute approximate surface area is 177 Å². The van der Waals surface area contributed by atoms with Gasteiger partial charge in [0.05, 0.1) is 10.6 Å². The molecule has 0 bridgehead atoms.